The van der Waals surface area contributed by atoms with Crippen molar-refractivity contribution in [2.75, 3.05) is 25.5 Å². The number of aryl methyl sites for hydroxylation is 1. The van der Waals surface area contributed by atoms with Crippen molar-refractivity contribution in [3.05, 3.63) is 64.1 Å². The van der Waals surface area contributed by atoms with Crippen molar-refractivity contribution in [3.63, 3.8) is 0 Å². The van der Waals surface area contributed by atoms with E-state index in [9.17, 15) is 19.2 Å². The highest BCUT2D eigenvalue weighted by molar-refractivity contribution is 5.96. The summed E-state index contributed by atoms with van der Waals surface area (Å²) in [5, 5.41) is 2.76. The molecule has 8 nitrogen and oxygen atoms in total. The average molecular weight is 371 g/mol. The van der Waals surface area contributed by atoms with E-state index in [0.29, 0.717) is 5.69 Å². The molecule has 0 aliphatic carbocycles. The van der Waals surface area contributed by atoms with Crippen molar-refractivity contribution in [2.45, 2.75) is 13.3 Å². The number of aromatic nitrogens is 1. The summed E-state index contributed by atoms with van der Waals surface area (Å²) in [6.45, 7) is 1.22. The second-order valence-electron chi connectivity index (χ2n) is 5.80. The summed E-state index contributed by atoms with van der Waals surface area (Å²) in [4.78, 5) is 51.0. The molecule has 0 aliphatic heterocycles. The molecule has 2 rings (SSSR count). The molecule has 2 aromatic rings. The lowest BCUT2D eigenvalue weighted by molar-refractivity contribution is -0.136. The molecule has 2 amide bonds. The number of nitrogens with zero attached hydrogens (tertiary/aromatic N) is 1. The monoisotopic (exact) mass is 371 g/mol. The first-order valence-electron chi connectivity index (χ1n) is 8.39. The second-order valence-corrected chi connectivity index (χ2v) is 5.80. The smallest absolute Gasteiger partial charge is 0.344 e. The molecule has 0 bridgehead atoms. The van der Waals surface area contributed by atoms with Gasteiger partial charge in [0, 0.05) is 18.9 Å². The Morgan fingerprint density at radius 2 is 1.89 bits per heavy atom. The summed E-state index contributed by atoms with van der Waals surface area (Å²) in [5.41, 5.74) is 0.890. The zero-order valence-electron chi connectivity index (χ0n) is 15.2. The number of carbonyl (C=O) groups is 3. The number of benzene rings is 1. The highest BCUT2D eigenvalue weighted by Gasteiger charge is 2.17. The lowest BCUT2D eigenvalue weighted by atomic mass is 10.1. The third-order valence-electron chi connectivity index (χ3n) is 3.84. The third-order valence-corrected chi connectivity index (χ3v) is 3.84. The lowest BCUT2D eigenvalue weighted by Crippen LogP contribution is -2.37. The van der Waals surface area contributed by atoms with Crippen LogP contribution in [-0.4, -0.2) is 47.9 Å². The molecule has 0 atom stereocenters. The van der Waals surface area contributed by atoms with E-state index >= 15 is 0 Å². The minimum absolute atomic E-state index is 0.193. The van der Waals surface area contributed by atoms with Crippen molar-refractivity contribution in [3.8, 4) is 0 Å². The number of likely N-dealkylation sites (N-methyl/N-ethyl adjacent to an activating group) is 1. The van der Waals surface area contributed by atoms with Crippen LogP contribution in [0.1, 0.15) is 22.8 Å². The Balaban J connectivity index is 1.86. The fourth-order valence-corrected chi connectivity index (χ4v) is 2.34. The van der Waals surface area contributed by atoms with E-state index < -0.39 is 24.0 Å². The first-order chi connectivity index (χ1) is 12.9. The Morgan fingerprint density at radius 1 is 1.15 bits per heavy atom. The number of nitrogens with one attached hydrogen (secondary N) is 2. The second kappa shape index (κ2) is 9.33. The molecule has 2 N–H and O–H groups in total. The number of hydrogen-bond acceptors (Lipinski definition) is 5. The van der Waals surface area contributed by atoms with E-state index in [1.54, 1.807) is 6.07 Å². The van der Waals surface area contributed by atoms with E-state index in [4.69, 9.17) is 4.74 Å². The topological polar surface area (TPSA) is 109 Å². The van der Waals surface area contributed by atoms with Crippen LogP contribution in [0.25, 0.3) is 0 Å². The molecule has 1 aromatic heterocycles. The molecule has 0 spiro atoms. The fraction of sp³-hybridized carbons (Fsp3) is 0.263. The van der Waals surface area contributed by atoms with Gasteiger partial charge >= 0.3 is 5.97 Å². The number of rotatable bonds is 7. The van der Waals surface area contributed by atoms with E-state index in [1.165, 1.54) is 25.4 Å². The minimum atomic E-state index is -0.903. The van der Waals surface area contributed by atoms with Gasteiger partial charge in [0.15, 0.2) is 6.61 Å². The van der Waals surface area contributed by atoms with E-state index in [2.05, 4.69) is 10.3 Å². The number of H-pyrrole nitrogens is 1. The number of hydrogen-bond donors (Lipinski definition) is 2. The number of esters is 1. The molecule has 0 aliphatic rings. The van der Waals surface area contributed by atoms with Gasteiger partial charge in [-0.1, -0.05) is 25.1 Å². The SMILES string of the molecule is CCc1ccccc1NC(=O)CN(C)C(=O)COC(=O)c1ccc[nH]c1=O. The standard InChI is InChI=1S/C19H21N3O5/c1-3-13-7-4-5-9-15(13)21-16(23)11-22(2)17(24)12-27-19(26)14-8-6-10-20-18(14)25/h4-10H,3,11-12H2,1-2H3,(H,20,25)(H,21,23). The molecule has 1 aromatic carbocycles. The zero-order chi connectivity index (χ0) is 19.8. The van der Waals surface area contributed by atoms with Crippen LogP contribution in [0.5, 0.6) is 0 Å². The summed E-state index contributed by atoms with van der Waals surface area (Å²) in [6, 6.07) is 10.2. The van der Waals surface area contributed by atoms with Crippen LogP contribution in [0, 0.1) is 0 Å². The number of carbonyl (C=O) groups excluding carboxylic acids is 3. The van der Waals surface area contributed by atoms with Gasteiger partial charge in [0.25, 0.3) is 11.5 Å². The number of amides is 2. The Hall–Kier alpha value is -3.42. The maximum atomic E-state index is 12.1. The van der Waals surface area contributed by atoms with Crippen LogP contribution in [-0.2, 0) is 20.7 Å². The van der Waals surface area contributed by atoms with Gasteiger partial charge in [-0.2, -0.15) is 0 Å². The van der Waals surface area contributed by atoms with Gasteiger partial charge in [-0.05, 0) is 30.2 Å². The molecule has 0 saturated heterocycles. The third kappa shape index (κ3) is 5.53. The van der Waals surface area contributed by atoms with Crippen molar-refractivity contribution < 1.29 is 19.1 Å². The summed E-state index contributed by atoms with van der Waals surface area (Å²) in [5.74, 6) is -1.83. The highest BCUT2D eigenvalue weighted by Crippen LogP contribution is 2.15. The normalized spacial score (nSPS) is 10.1. The van der Waals surface area contributed by atoms with Crippen LogP contribution >= 0.6 is 0 Å². The summed E-state index contributed by atoms with van der Waals surface area (Å²) in [7, 11) is 1.43. The van der Waals surface area contributed by atoms with Crippen molar-refractivity contribution in [2.24, 2.45) is 0 Å². The van der Waals surface area contributed by atoms with Crippen molar-refractivity contribution in [1.82, 2.24) is 9.88 Å². The molecule has 142 valence electrons. The van der Waals surface area contributed by atoms with Crippen LogP contribution in [0.4, 0.5) is 5.69 Å². The molecule has 1 heterocycles. The molecule has 0 unspecified atom stereocenters. The predicted molar refractivity (Wildman–Crippen MR) is 99.4 cm³/mol. The summed E-state index contributed by atoms with van der Waals surface area (Å²) < 4.78 is 4.85. The van der Waals surface area contributed by atoms with Gasteiger partial charge in [0.05, 0.1) is 6.54 Å². The molecule has 8 heteroatoms. The summed E-state index contributed by atoms with van der Waals surface area (Å²) in [6.07, 6.45) is 2.15. The van der Waals surface area contributed by atoms with Gasteiger partial charge in [-0.25, -0.2) is 4.79 Å². The van der Waals surface area contributed by atoms with E-state index in [1.807, 2.05) is 25.1 Å². The molecular weight excluding hydrogens is 350 g/mol. The van der Waals surface area contributed by atoms with Gasteiger partial charge in [-0.15, -0.1) is 0 Å². The molecule has 0 radical (unpaired) electrons. The van der Waals surface area contributed by atoms with Gasteiger partial charge in [0.2, 0.25) is 5.91 Å². The molecule has 27 heavy (non-hydrogen) atoms. The fourth-order valence-electron chi connectivity index (χ4n) is 2.34. The lowest BCUT2D eigenvalue weighted by Gasteiger charge is -2.17. The summed E-state index contributed by atoms with van der Waals surface area (Å²) >= 11 is 0. The van der Waals surface area contributed by atoms with Crippen molar-refractivity contribution in [1.29, 1.82) is 0 Å². The Labute approximate surface area is 156 Å². The first-order valence-corrected chi connectivity index (χ1v) is 8.39. The van der Waals surface area contributed by atoms with Gasteiger partial charge < -0.3 is 19.9 Å². The maximum Gasteiger partial charge on any atom is 0.344 e. The largest absolute Gasteiger partial charge is 0.452 e. The van der Waals surface area contributed by atoms with E-state index in [-0.39, 0.29) is 18.0 Å². The number of aromatic amines is 1. The molecule has 0 fully saturated rings. The number of anilines is 1. The van der Waals surface area contributed by atoms with Gasteiger partial charge in [0.1, 0.15) is 5.56 Å². The quantitative estimate of drug-likeness (QED) is 0.711. The number of pyridine rings is 1. The predicted octanol–water partition coefficient (Wildman–Crippen LogP) is 1.19. The Bertz CT molecular complexity index is 891. The van der Waals surface area contributed by atoms with Crippen LogP contribution in [0.2, 0.25) is 0 Å². The van der Waals surface area contributed by atoms with Crippen LogP contribution in [0.15, 0.2) is 47.4 Å². The molecular formula is C19H21N3O5. The van der Waals surface area contributed by atoms with Crippen LogP contribution < -0.4 is 10.9 Å². The van der Waals surface area contributed by atoms with Crippen LogP contribution in [0.3, 0.4) is 0 Å². The minimum Gasteiger partial charge on any atom is -0.452 e. The van der Waals surface area contributed by atoms with Gasteiger partial charge in [-0.3, -0.25) is 14.4 Å². The Kier molecular flexibility index (Phi) is 6.87. The number of para-hydroxylation sites is 1. The zero-order valence-corrected chi connectivity index (χ0v) is 15.2. The average Bonchev–Trinajstić information content (AvgIpc) is 2.66. The highest BCUT2D eigenvalue weighted by atomic mass is 16.5. The molecule has 0 saturated carbocycles. The maximum absolute atomic E-state index is 12.1. The van der Waals surface area contributed by atoms with E-state index in [0.717, 1.165) is 16.9 Å². The number of ether oxygens (including phenoxy) is 1. The first kappa shape index (κ1) is 19.9. The van der Waals surface area contributed by atoms with Crippen molar-refractivity contribution >= 4 is 23.5 Å². The Morgan fingerprint density at radius 3 is 2.59 bits per heavy atom.